The molecule has 7 atom stereocenters. The molecule has 5 heteroatoms. The van der Waals surface area contributed by atoms with Crippen molar-refractivity contribution in [2.75, 3.05) is 5.75 Å². The Balaban J connectivity index is 1.21. The van der Waals surface area contributed by atoms with Crippen molar-refractivity contribution in [3.63, 3.8) is 0 Å². The molecule has 1 unspecified atom stereocenters. The third-order valence-corrected chi connectivity index (χ3v) is 11.0. The minimum absolute atomic E-state index is 0.137. The summed E-state index contributed by atoms with van der Waals surface area (Å²) in [5, 5.41) is 11.6. The highest BCUT2D eigenvalue weighted by Crippen LogP contribution is 2.61. The van der Waals surface area contributed by atoms with Crippen LogP contribution in [-0.4, -0.2) is 27.2 Å². The number of benzene rings is 1. The van der Waals surface area contributed by atoms with Crippen LogP contribution in [0.1, 0.15) is 97.8 Å². The van der Waals surface area contributed by atoms with Crippen molar-refractivity contribution in [3.8, 4) is 0 Å². The van der Waals surface area contributed by atoms with Gasteiger partial charge in [0.1, 0.15) is 11.3 Å². The summed E-state index contributed by atoms with van der Waals surface area (Å²) in [7, 11) is 0. The molecule has 0 saturated heterocycles. The van der Waals surface area contributed by atoms with Crippen LogP contribution >= 0.6 is 11.8 Å². The van der Waals surface area contributed by atoms with Crippen molar-refractivity contribution in [3.05, 3.63) is 24.3 Å². The molecule has 0 amide bonds. The third kappa shape index (κ3) is 5.43. The second-order valence-electron chi connectivity index (χ2n) is 12.7. The van der Waals surface area contributed by atoms with Crippen LogP contribution in [0.15, 0.2) is 33.9 Å². The molecule has 0 bridgehead atoms. The van der Waals surface area contributed by atoms with E-state index in [0.29, 0.717) is 28.6 Å². The van der Waals surface area contributed by atoms with Crippen molar-refractivity contribution in [1.29, 1.82) is 0 Å². The van der Waals surface area contributed by atoms with Crippen LogP contribution < -0.4 is 0 Å². The minimum Gasteiger partial charge on any atom is -0.431 e. The smallest absolute Gasteiger partial charge is 0.257 e. The standard InChI is InChI=1S/C31H45NO3S/c1-4-5-16-30(2,34)19-21-13-14-23-22(18-21)15-17-31(3)24(23)9-8-10-25(31)27(33)20-36-29-32-26-11-6-7-12-28(26)35-29/h6-7,11-12,21-25,34H,4-5,8-10,13-20H2,1-3H3/t21?,22-,23-,24+,25-,30-,31+/m1/s1. The molecule has 3 aliphatic rings. The molecule has 3 fully saturated rings. The summed E-state index contributed by atoms with van der Waals surface area (Å²) in [6, 6.07) is 7.80. The van der Waals surface area contributed by atoms with Gasteiger partial charge in [-0.3, -0.25) is 4.79 Å². The zero-order chi connectivity index (χ0) is 25.3. The first-order chi connectivity index (χ1) is 17.3. The number of hydrogen-bond acceptors (Lipinski definition) is 5. The normalized spacial score (nSPS) is 34.1. The highest BCUT2D eigenvalue weighted by Gasteiger charge is 2.54. The average molecular weight is 512 g/mol. The SMILES string of the molecule is CCCC[C@@](C)(O)CC1CC[C@@H]2[C@H](CC[C@]3(C)[C@@H](C(=O)CSc4nc5ccccc5o4)CCC[C@@H]23)C1. The number of aromatic nitrogens is 1. The summed E-state index contributed by atoms with van der Waals surface area (Å²) < 4.78 is 5.86. The molecule has 5 rings (SSSR count). The number of para-hydroxylation sites is 2. The Hall–Kier alpha value is -1.33. The molecular weight excluding hydrogens is 466 g/mol. The Morgan fingerprint density at radius 3 is 2.86 bits per heavy atom. The van der Waals surface area contributed by atoms with Crippen LogP contribution in [-0.2, 0) is 4.79 Å². The molecule has 0 aliphatic heterocycles. The van der Waals surface area contributed by atoms with Gasteiger partial charge in [-0.05, 0) is 99.5 Å². The number of fused-ring (bicyclic) bond motifs is 4. The van der Waals surface area contributed by atoms with Crippen molar-refractivity contribution in [2.24, 2.45) is 35.0 Å². The van der Waals surface area contributed by atoms with Gasteiger partial charge >= 0.3 is 0 Å². The van der Waals surface area contributed by atoms with Gasteiger partial charge in [0.25, 0.3) is 5.22 Å². The fourth-order valence-corrected chi connectivity index (χ4v) is 9.19. The molecule has 1 N–H and O–H groups in total. The van der Waals surface area contributed by atoms with E-state index in [1.165, 1.54) is 56.7 Å². The van der Waals surface area contributed by atoms with Gasteiger partial charge in [-0.2, -0.15) is 0 Å². The largest absolute Gasteiger partial charge is 0.431 e. The first-order valence-electron chi connectivity index (χ1n) is 14.5. The van der Waals surface area contributed by atoms with Gasteiger partial charge < -0.3 is 9.52 Å². The Labute approximate surface area is 221 Å². The second kappa shape index (κ2) is 10.8. The maximum atomic E-state index is 13.6. The van der Waals surface area contributed by atoms with Crippen LogP contribution in [0, 0.1) is 35.0 Å². The van der Waals surface area contributed by atoms with Crippen LogP contribution in [0.5, 0.6) is 0 Å². The molecule has 1 heterocycles. The summed E-state index contributed by atoms with van der Waals surface area (Å²) in [5.41, 5.74) is 1.28. The summed E-state index contributed by atoms with van der Waals surface area (Å²) in [6.45, 7) is 6.71. The molecule has 2 aromatic rings. The van der Waals surface area contributed by atoms with Gasteiger partial charge in [-0.25, -0.2) is 4.98 Å². The van der Waals surface area contributed by atoms with Gasteiger partial charge in [0.05, 0.1) is 11.4 Å². The molecule has 4 nitrogen and oxygen atoms in total. The van der Waals surface area contributed by atoms with Crippen molar-refractivity contribution in [2.45, 2.75) is 109 Å². The van der Waals surface area contributed by atoms with Crippen LogP contribution in [0.2, 0.25) is 0 Å². The molecule has 3 saturated carbocycles. The number of Topliss-reactive ketones (excluding diaryl/α,β-unsaturated/α-hetero) is 1. The predicted molar refractivity (Wildman–Crippen MR) is 147 cm³/mol. The number of carbonyl (C=O) groups excluding carboxylic acids is 1. The number of unbranched alkanes of at least 4 members (excludes halogenated alkanes) is 1. The van der Waals surface area contributed by atoms with Gasteiger partial charge in [-0.15, -0.1) is 0 Å². The second-order valence-corrected chi connectivity index (χ2v) is 13.7. The molecule has 1 aromatic carbocycles. The summed E-state index contributed by atoms with van der Waals surface area (Å²) in [5.74, 6) is 3.91. The maximum absolute atomic E-state index is 13.6. The van der Waals surface area contributed by atoms with E-state index in [9.17, 15) is 9.90 Å². The Morgan fingerprint density at radius 2 is 2.06 bits per heavy atom. The highest BCUT2D eigenvalue weighted by molar-refractivity contribution is 7.99. The van der Waals surface area contributed by atoms with E-state index >= 15 is 0 Å². The number of oxazole rings is 1. The number of carbonyl (C=O) groups is 1. The van der Waals surface area contributed by atoms with Crippen LogP contribution in [0.4, 0.5) is 0 Å². The van der Waals surface area contributed by atoms with Gasteiger partial charge in [0, 0.05) is 5.92 Å². The number of ketones is 1. The number of hydrogen-bond donors (Lipinski definition) is 1. The lowest BCUT2D eigenvalue weighted by atomic mass is 9.47. The number of thioether (sulfide) groups is 1. The Bertz CT molecular complexity index is 1010. The lowest BCUT2D eigenvalue weighted by Crippen LogP contribution is -2.52. The maximum Gasteiger partial charge on any atom is 0.257 e. The molecule has 198 valence electrons. The first-order valence-corrected chi connectivity index (χ1v) is 15.5. The van der Waals surface area contributed by atoms with E-state index in [-0.39, 0.29) is 11.3 Å². The van der Waals surface area contributed by atoms with E-state index in [0.717, 1.165) is 55.0 Å². The highest BCUT2D eigenvalue weighted by atomic mass is 32.2. The molecular formula is C31H45NO3S. The quantitative estimate of drug-likeness (QED) is 0.345. The predicted octanol–water partition coefficient (Wildman–Crippen LogP) is 8.07. The Morgan fingerprint density at radius 1 is 1.22 bits per heavy atom. The van der Waals surface area contributed by atoms with E-state index in [4.69, 9.17) is 4.42 Å². The molecule has 1 aromatic heterocycles. The molecule has 0 radical (unpaired) electrons. The summed E-state index contributed by atoms with van der Waals surface area (Å²) in [6.07, 6.45) is 13.9. The zero-order valence-electron chi connectivity index (χ0n) is 22.5. The minimum atomic E-state index is -0.509. The van der Waals surface area contributed by atoms with Gasteiger partial charge in [-0.1, -0.05) is 63.4 Å². The van der Waals surface area contributed by atoms with Crippen LogP contribution in [0.25, 0.3) is 11.1 Å². The van der Waals surface area contributed by atoms with Crippen LogP contribution in [0.3, 0.4) is 0 Å². The van der Waals surface area contributed by atoms with Crippen molar-refractivity contribution in [1.82, 2.24) is 4.98 Å². The third-order valence-electron chi connectivity index (χ3n) is 10.2. The summed E-state index contributed by atoms with van der Waals surface area (Å²) in [4.78, 5) is 18.1. The zero-order valence-corrected chi connectivity index (χ0v) is 23.3. The van der Waals surface area contributed by atoms with E-state index in [1.807, 2.05) is 24.3 Å². The van der Waals surface area contributed by atoms with Crippen molar-refractivity contribution >= 4 is 28.6 Å². The topological polar surface area (TPSA) is 63.3 Å². The average Bonchev–Trinajstić information content (AvgIpc) is 3.28. The molecule has 3 aliphatic carbocycles. The number of nitrogens with zero attached hydrogens (tertiary/aromatic N) is 1. The van der Waals surface area contributed by atoms with Gasteiger partial charge in [0.15, 0.2) is 5.58 Å². The first kappa shape index (κ1) is 26.3. The number of rotatable bonds is 9. The molecule has 0 spiro atoms. The lowest BCUT2D eigenvalue weighted by molar-refractivity contribution is -0.137. The monoisotopic (exact) mass is 511 g/mol. The molecule has 36 heavy (non-hydrogen) atoms. The van der Waals surface area contributed by atoms with E-state index in [2.05, 4.69) is 25.8 Å². The van der Waals surface area contributed by atoms with Gasteiger partial charge in [0.2, 0.25) is 0 Å². The van der Waals surface area contributed by atoms with E-state index < -0.39 is 5.60 Å². The fraction of sp³-hybridized carbons (Fsp3) is 0.742. The fourth-order valence-electron chi connectivity index (χ4n) is 8.41. The number of aliphatic hydroxyl groups is 1. The lowest BCUT2D eigenvalue weighted by Gasteiger charge is -2.57. The van der Waals surface area contributed by atoms with Crippen molar-refractivity contribution < 1.29 is 14.3 Å². The Kier molecular flexibility index (Phi) is 7.89. The van der Waals surface area contributed by atoms with E-state index in [1.54, 1.807) is 0 Å². The summed E-state index contributed by atoms with van der Waals surface area (Å²) >= 11 is 1.47.